The number of hydrogen-bond donors (Lipinski definition) is 2. The van der Waals surface area contributed by atoms with Gasteiger partial charge in [-0.15, -0.1) is 11.3 Å². The Morgan fingerprint density at radius 2 is 2.05 bits per heavy atom. The van der Waals surface area contributed by atoms with E-state index in [9.17, 15) is 4.79 Å². The monoisotopic (exact) mass is 352 g/mol. The lowest BCUT2D eigenvalue weighted by molar-refractivity contribution is 0.0952. The minimum Gasteiger partial charge on any atom is -0.382 e. The summed E-state index contributed by atoms with van der Waals surface area (Å²) in [6.07, 6.45) is 0. The molecule has 0 aliphatic heterocycles. The molecule has 2 N–H and O–H groups in total. The first kappa shape index (κ1) is 15.1. The zero-order valence-corrected chi connectivity index (χ0v) is 13.8. The second-order valence-corrected chi connectivity index (χ2v) is 6.57. The third-order valence-corrected chi connectivity index (χ3v) is 4.64. The molecule has 0 unspecified atom stereocenters. The van der Waals surface area contributed by atoms with Crippen molar-refractivity contribution in [2.75, 3.05) is 5.32 Å². The molecule has 0 fully saturated rings. The summed E-state index contributed by atoms with van der Waals surface area (Å²) >= 11 is 5.09. The number of halogens is 1. The van der Waals surface area contributed by atoms with Crippen molar-refractivity contribution in [2.45, 2.75) is 26.4 Å². The van der Waals surface area contributed by atoms with Gasteiger partial charge in [0.15, 0.2) is 0 Å². The van der Waals surface area contributed by atoms with Crippen LogP contribution in [-0.2, 0) is 6.54 Å². The zero-order chi connectivity index (χ0) is 14.5. The van der Waals surface area contributed by atoms with Gasteiger partial charge in [0.2, 0.25) is 0 Å². The normalized spacial score (nSPS) is 10.6. The number of rotatable bonds is 5. The van der Waals surface area contributed by atoms with Gasteiger partial charge in [0.05, 0.1) is 12.1 Å². The van der Waals surface area contributed by atoms with Crippen molar-refractivity contribution in [3.05, 3.63) is 50.6 Å². The molecule has 0 aliphatic carbocycles. The fourth-order valence-electron chi connectivity index (χ4n) is 1.83. The van der Waals surface area contributed by atoms with Gasteiger partial charge >= 0.3 is 0 Å². The van der Waals surface area contributed by atoms with Gasteiger partial charge in [0, 0.05) is 21.1 Å². The van der Waals surface area contributed by atoms with Crippen LogP contribution >= 0.6 is 27.3 Å². The topological polar surface area (TPSA) is 41.1 Å². The number of hydrogen-bond acceptors (Lipinski definition) is 3. The van der Waals surface area contributed by atoms with E-state index in [1.54, 1.807) is 11.3 Å². The Morgan fingerprint density at radius 1 is 1.30 bits per heavy atom. The lowest BCUT2D eigenvalue weighted by Gasteiger charge is -2.14. The van der Waals surface area contributed by atoms with E-state index in [0.717, 1.165) is 15.0 Å². The molecule has 0 aliphatic rings. The van der Waals surface area contributed by atoms with Gasteiger partial charge in [0.25, 0.3) is 5.91 Å². The van der Waals surface area contributed by atoms with Crippen molar-refractivity contribution >= 4 is 38.9 Å². The van der Waals surface area contributed by atoms with Crippen molar-refractivity contribution in [1.82, 2.24) is 5.32 Å². The highest BCUT2D eigenvalue weighted by Crippen LogP contribution is 2.22. The van der Waals surface area contributed by atoms with E-state index < -0.39 is 0 Å². The van der Waals surface area contributed by atoms with Crippen LogP contribution in [-0.4, -0.2) is 11.9 Å². The van der Waals surface area contributed by atoms with Crippen LogP contribution in [0.3, 0.4) is 0 Å². The molecule has 3 nitrogen and oxygen atoms in total. The van der Waals surface area contributed by atoms with Gasteiger partial charge in [-0.25, -0.2) is 0 Å². The van der Waals surface area contributed by atoms with Gasteiger partial charge in [-0.1, -0.05) is 12.1 Å². The number of anilines is 1. The molecule has 20 heavy (non-hydrogen) atoms. The summed E-state index contributed by atoms with van der Waals surface area (Å²) in [6, 6.07) is 9.84. The number of para-hydroxylation sites is 1. The van der Waals surface area contributed by atoms with Crippen molar-refractivity contribution in [3.63, 3.8) is 0 Å². The maximum Gasteiger partial charge on any atom is 0.253 e. The van der Waals surface area contributed by atoms with E-state index in [0.29, 0.717) is 12.1 Å². The van der Waals surface area contributed by atoms with E-state index in [-0.39, 0.29) is 11.9 Å². The van der Waals surface area contributed by atoms with E-state index in [1.807, 2.05) is 35.7 Å². The van der Waals surface area contributed by atoms with Gasteiger partial charge in [-0.3, -0.25) is 4.79 Å². The average molecular weight is 353 g/mol. The molecule has 2 aromatic rings. The molecule has 106 valence electrons. The molecule has 1 amide bonds. The number of benzene rings is 1. The van der Waals surface area contributed by atoms with Gasteiger partial charge in [-0.05, 0) is 53.4 Å². The SMILES string of the molecule is CC(C)Nc1ccccc1C(=O)NCc1sccc1Br. The first-order chi connectivity index (χ1) is 9.58. The molecule has 2 rings (SSSR count). The minimum absolute atomic E-state index is 0.0611. The summed E-state index contributed by atoms with van der Waals surface area (Å²) in [4.78, 5) is 13.4. The van der Waals surface area contributed by atoms with Crippen LogP contribution in [0.5, 0.6) is 0 Å². The van der Waals surface area contributed by atoms with Crippen molar-refractivity contribution in [3.8, 4) is 0 Å². The van der Waals surface area contributed by atoms with Gasteiger partial charge < -0.3 is 10.6 Å². The van der Waals surface area contributed by atoms with Crippen LogP contribution < -0.4 is 10.6 Å². The van der Waals surface area contributed by atoms with Crippen LogP contribution in [0.1, 0.15) is 29.1 Å². The predicted octanol–water partition coefficient (Wildman–Crippen LogP) is 4.26. The Balaban J connectivity index is 2.07. The molecular weight excluding hydrogens is 336 g/mol. The summed E-state index contributed by atoms with van der Waals surface area (Å²) < 4.78 is 1.04. The van der Waals surface area contributed by atoms with Crippen molar-refractivity contribution in [1.29, 1.82) is 0 Å². The Bertz CT molecular complexity index is 595. The van der Waals surface area contributed by atoms with Crippen LogP contribution in [0.25, 0.3) is 0 Å². The van der Waals surface area contributed by atoms with Gasteiger partial charge in [-0.2, -0.15) is 0 Å². The Morgan fingerprint density at radius 3 is 2.70 bits per heavy atom. The van der Waals surface area contributed by atoms with Crippen LogP contribution in [0.2, 0.25) is 0 Å². The Hall–Kier alpha value is -1.33. The number of amides is 1. The first-order valence-corrected chi connectivity index (χ1v) is 8.11. The summed E-state index contributed by atoms with van der Waals surface area (Å²) in [6.45, 7) is 4.64. The van der Waals surface area contributed by atoms with Crippen LogP contribution in [0.4, 0.5) is 5.69 Å². The van der Waals surface area contributed by atoms with Crippen molar-refractivity contribution in [2.24, 2.45) is 0 Å². The second kappa shape index (κ2) is 6.90. The Labute approximate surface area is 131 Å². The van der Waals surface area contributed by atoms with Crippen LogP contribution in [0, 0.1) is 0 Å². The largest absolute Gasteiger partial charge is 0.382 e. The predicted molar refractivity (Wildman–Crippen MR) is 88.4 cm³/mol. The number of thiophene rings is 1. The first-order valence-electron chi connectivity index (χ1n) is 6.43. The molecule has 0 spiro atoms. The molecular formula is C15H17BrN2OS. The second-order valence-electron chi connectivity index (χ2n) is 4.72. The highest BCUT2D eigenvalue weighted by molar-refractivity contribution is 9.10. The smallest absolute Gasteiger partial charge is 0.253 e. The van der Waals surface area contributed by atoms with E-state index in [1.165, 1.54) is 0 Å². The quantitative estimate of drug-likeness (QED) is 0.843. The lowest BCUT2D eigenvalue weighted by Crippen LogP contribution is -2.24. The Kier molecular flexibility index (Phi) is 5.20. The molecule has 0 saturated heterocycles. The fourth-order valence-corrected chi connectivity index (χ4v) is 3.26. The molecule has 0 bridgehead atoms. The fraction of sp³-hybridized carbons (Fsp3) is 0.267. The van der Waals surface area contributed by atoms with Crippen molar-refractivity contribution < 1.29 is 4.79 Å². The molecule has 1 heterocycles. The highest BCUT2D eigenvalue weighted by atomic mass is 79.9. The summed E-state index contributed by atoms with van der Waals surface area (Å²) in [7, 11) is 0. The van der Waals surface area contributed by atoms with E-state index >= 15 is 0 Å². The molecule has 1 aromatic carbocycles. The standard InChI is InChI=1S/C15H17BrN2OS/c1-10(2)18-13-6-4-3-5-11(13)15(19)17-9-14-12(16)7-8-20-14/h3-8,10,18H,9H2,1-2H3,(H,17,19). The highest BCUT2D eigenvalue weighted by Gasteiger charge is 2.12. The van der Waals surface area contributed by atoms with E-state index in [4.69, 9.17) is 0 Å². The van der Waals surface area contributed by atoms with E-state index in [2.05, 4.69) is 40.4 Å². The summed E-state index contributed by atoms with van der Waals surface area (Å²) in [5.41, 5.74) is 1.54. The molecule has 0 atom stereocenters. The minimum atomic E-state index is -0.0611. The maximum absolute atomic E-state index is 12.3. The molecule has 0 saturated carbocycles. The number of carbonyl (C=O) groups is 1. The van der Waals surface area contributed by atoms with Crippen LogP contribution in [0.15, 0.2) is 40.2 Å². The third-order valence-electron chi connectivity index (χ3n) is 2.72. The lowest BCUT2D eigenvalue weighted by atomic mass is 10.1. The molecule has 0 radical (unpaired) electrons. The summed E-state index contributed by atoms with van der Waals surface area (Å²) in [5.74, 6) is -0.0611. The molecule has 5 heteroatoms. The zero-order valence-electron chi connectivity index (χ0n) is 11.4. The maximum atomic E-state index is 12.3. The average Bonchev–Trinajstić information content (AvgIpc) is 2.81. The molecule has 1 aromatic heterocycles. The third kappa shape index (κ3) is 3.84. The number of nitrogens with one attached hydrogen (secondary N) is 2. The summed E-state index contributed by atoms with van der Waals surface area (Å²) in [5, 5.41) is 8.25. The number of carbonyl (C=O) groups excluding carboxylic acids is 1. The van der Waals surface area contributed by atoms with Gasteiger partial charge in [0.1, 0.15) is 0 Å².